The van der Waals surface area contributed by atoms with Crippen molar-refractivity contribution in [2.45, 2.75) is 6.18 Å². The summed E-state index contributed by atoms with van der Waals surface area (Å²) in [6.07, 6.45) is -1.56. The Hall–Kier alpha value is -4.47. The van der Waals surface area contributed by atoms with Crippen LogP contribution in [0.2, 0.25) is 0 Å². The van der Waals surface area contributed by atoms with Gasteiger partial charge in [-0.3, -0.25) is 19.9 Å². The molecule has 3 N–H and O–H groups in total. The van der Waals surface area contributed by atoms with Gasteiger partial charge in [-0.25, -0.2) is 0 Å². The highest BCUT2D eigenvalue weighted by Crippen LogP contribution is 2.39. The molecule has 0 saturated heterocycles. The van der Waals surface area contributed by atoms with Gasteiger partial charge >= 0.3 is 6.18 Å². The van der Waals surface area contributed by atoms with Crippen LogP contribution in [-0.4, -0.2) is 22.0 Å². The molecule has 2 aromatic heterocycles. The van der Waals surface area contributed by atoms with Crippen LogP contribution < -0.4 is 11.1 Å². The molecule has 0 bridgehead atoms. The first-order valence-corrected chi connectivity index (χ1v) is 9.53. The van der Waals surface area contributed by atoms with E-state index < -0.39 is 23.6 Å². The highest BCUT2D eigenvalue weighted by Gasteiger charge is 2.31. The molecule has 0 atom stereocenters. The minimum Gasteiger partial charge on any atom is -0.366 e. The molecular weight excluding hydrogens is 437 g/mol. The lowest BCUT2D eigenvalue weighted by molar-refractivity contribution is -0.137. The molecule has 0 spiro atoms. The third kappa shape index (κ3) is 4.45. The standard InChI is InChI=1S/C23H15F3N4O3/c24-23(25,26)15-5-3-4-14(12-15)21(32)29-22-18(16-6-1-2-7-17(16)20(27)31)19(30-33-22)13-8-10-28-11-9-13/h1-12H,(H2,27,31)(H,29,32). The van der Waals surface area contributed by atoms with Gasteiger partial charge in [0, 0.05) is 34.6 Å². The van der Waals surface area contributed by atoms with Crippen LogP contribution in [0, 0.1) is 0 Å². The number of primary amides is 1. The number of nitrogens with one attached hydrogen (secondary N) is 1. The van der Waals surface area contributed by atoms with Crippen LogP contribution in [0.25, 0.3) is 22.4 Å². The van der Waals surface area contributed by atoms with Crippen molar-refractivity contribution in [3.63, 3.8) is 0 Å². The number of halogens is 3. The molecule has 166 valence electrons. The molecule has 10 heteroatoms. The van der Waals surface area contributed by atoms with Gasteiger partial charge in [-0.2, -0.15) is 13.2 Å². The Bertz CT molecular complexity index is 1330. The number of rotatable bonds is 5. The molecule has 0 radical (unpaired) electrons. The predicted octanol–water partition coefficient (Wildman–Crippen LogP) is 4.77. The van der Waals surface area contributed by atoms with Gasteiger partial charge in [0.25, 0.3) is 5.91 Å². The van der Waals surface area contributed by atoms with Crippen molar-refractivity contribution in [3.05, 3.63) is 89.7 Å². The molecule has 4 rings (SSSR count). The average molecular weight is 452 g/mol. The van der Waals surface area contributed by atoms with E-state index in [0.717, 1.165) is 18.2 Å². The fourth-order valence-corrected chi connectivity index (χ4v) is 3.26. The molecule has 0 fully saturated rings. The summed E-state index contributed by atoms with van der Waals surface area (Å²) in [6.45, 7) is 0. The summed E-state index contributed by atoms with van der Waals surface area (Å²) in [7, 11) is 0. The fraction of sp³-hybridized carbons (Fsp3) is 0.0435. The zero-order valence-electron chi connectivity index (χ0n) is 16.8. The van der Waals surface area contributed by atoms with Gasteiger partial charge in [-0.1, -0.05) is 29.4 Å². The van der Waals surface area contributed by atoms with Crippen molar-refractivity contribution in [2.24, 2.45) is 5.73 Å². The van der Waals surface area contributed by atoms with Gasteiger partial charge in [0.05, 0.1) is 11.1 Å². The zero-order valence-corrected chi connectivity index (χ0v) is 16.8. The van der Waals surface area contributed by atoms with E-state index in [0.29, 0.717) is 11.1 Å². The van der Waals surface area contributed by atoms with Gasteiger partial charge < -0.3 is 10.3 Å². The van der Waals surface area contributed by atoms with Gasteiger partial charge in [-0.15, -0.1) is 0 Å². The van der Waals surface area contributed by atoms with Crippen molar-refractivity contribution in [1.29, 1.82) is 0 Å². The lowest BCUT2D eigenvalue weighted by Crippen LogP contribution is -2.15. The fourth-order valence-electron chi connectivity index (χ4n) is 3.26. The van der Waals surface area contributed by atoms with Gasteiger partial charge in [0.1, 0.15) is 5.69 Å². The summed E-state index contributed by atoms with van der Waals surface area (Å²) in [5.74, 6) is -1.73. The third-order valence-corrected chi connectivity index (χ3v) is 4.79. The van der Waals surface area contributed by atoms with Crippen molar-refractivity contribution in [3.8, 4) is 22.4 Å². The van der Waals surface area contributed by atoms with E-state index in [1.165, 1.54) is 24.5 Å². The quantitative estimate of drug-likeness (QED) is 0.453. The number of carbonyl (C=O) groups is 2. The lowest BCUT2D eigenvalue weighted by atomic mass is 9.96. The smallest absolute Gasteiger partial charge is 0.366 e. The number of nitrogens with two attached hydrogens (primary N) is 1. The molecule has 4 aromatic rings. The molecule has 0 aliphatic heterocycles. The summed E-state index contributed by atoms with van der Waals surface area (Å²) >= 11 is 0. The second kappa shape index (κ2) is 8.58. The molecular formula is C23H15F3N4O3. The Kier molecular flexibility index (Phi) is 5.65. The zero-order chi connectivity index (χ0) is 23.6. The maximum absolute atomic E-state index is 13.0. The van der Waals surface area contributed by atoms with E-state index in [1.54, 1.807) is 30.3 Å². The van der Waals surface area contributed by atoms with E-state index >= 15 is 0 Å². The predicted molar refractivity (Wildman–Crippen MR) is 113 cm³/mol. The number of benzene rings is 2. The first-order valence-electron chi connectivity index (χ1n) is 9.53. The average Bonchev–Trinajstić information content (AvgIpc) is 3.22. The van der Waals surface area contributed by atoms with E-state index in [2.05, 4.69) is 15.5 Å². The van der Waals surface area contributed by atoms with Gasteiger partial charge in [-0.05, 0) is 36.4 Å². The summed E-state index contributed by atoms with van der Waals surface area (Å²) in [5, 5.41) is 6.47. The Labute approximate surface area is 185 Å². The van der Waals surface area contributed by atoms with Crippen LogP contribution in [0.3, 0.4) is 0 Å². The highest BCUT2D eigenvalue weighted by atomic mass is 19.4. The van der Waals surface area contributed by atoms with E-state index in [9.17, 15) is 22.8 Å². The molecule has 2 amide bonds. The minimum atomic E-state index is -4.61. The van der Waals surface area contributed by atoms with Crippen LogP contribution in [0.1, 0.15) is 26.3 Å². The van der Waals surface area contributed by atoms with Crippen LogP contribution in [-0.2, 0) is 6.18 Å². The summed E-state index contributed by atoms with van der Waals surface area (Å²) in [6, 6.07) is 13.6. The number of amides is 2. The molecule has 0 aliphatic carbocycles. The molecule has 0 unspecified atom stereocenters. The number of nitrogens with zero attached hydrogens (tertiary/aromatic N) is 2. The second-order valence-corrected chi connectivity index (χ2v) is 6.91. The maximum Gasteiger partial charge on any atom is 0.416 e. The van der Waals surface area contributed by atoms with Crippen LogP contribution in [0.5, 0.6) is 0 Å². The minimum absolute atomic E-state index is 0.144. The molecule has 7 nitrogen and oxygen atoms in total. The molecule has 2 aromatic carbocycles. The molecule has 2 heterocycles. The molecule has 33 heavy (non-hydrogen) atoms. The number of pyridine rings is 1. The topological polar surface area (TPSA) is 111 Å². The van der Waals surface area contributed by atoms with Gasteiger partial charge in [0.2, 0.25) is 11.8 Å². The number of carbonyl (C=O) groups excluding carboxylic acids is 2. The van der Waals surface area contributed by atoms with Crippen molar-refractivity contribution >= 4 is 17.7 Å². The summed E-state index contributed by atoms with van der Waals surface area (Å²) < 4.78 is 44.5. The highest BCUT2D eigenvalue weighted by molar-refractivity contribution is 6.08. The Morgan fingerprint density at radius 3 is 2.39 bits per heavy atom. The van der Waals surface area contributed by atoms with Crippen molar-refractivity contribution in [1.82, 2.24) is 10.1 Å². The summed E-state index contributed by atoms with van der Waals surface area (Å²) in [5.41, 5.74) is 5.89. The summed E-state index contributed by atoms with van der Waals surface area (Å²) in [4.78, 5) is 28.7. The molecule has 0 saturated carbocycles. The monoisotopic (exact) mass is 452 g/mol. The van der Waals surface area contributed by atoms with Crippen LogP contribution in [0.4, 0.5) is 19.1 Å². The number of hydrogen-bond acceptors (Lipinski definition) is 5. The normalized spacial score (nSPS) is 11.2. The van der Waals surface area contributed by atoms with E-state index in [-0.39, 0.29) is 28.3 Å². The molecule has 0 aliphatic rings. The van der Waals surface area contributed by atoms with E-state index in [1.807, 2.05) is 0 Å². The third-order valence-electron chi connectivity index (χ3n) is 4.79. The Morgan fingerprint density at radius 1 is 0.970 bits per heavy atom. The van der Waals surface area contributed by atoms with Crippen molar-refractivity contribution in [2.75, 3.05) is 5.32 Å². The van der Waals surface area contributed by atoms with Crippen LogP contribution >= 0.6 is 0 Å². The Morgan fingerprint density at radius 2 is 1.70 bits per heavy atom. The lowest BCUT2D eigenvalue weighted by Gasteiger charge is -2.10. The Balaban J connectivity index is 1.81. The maximum atomic E-state index is 13.0. The first-order chi connectivity index (χ1) is 15.8. The number of anilines is 1. The number of alkyl halides is 3. The first kappa shape index (κ1) is 21.8. The second-order valence-electron chi connectivity index (χ2n) is 6.91. The number of hydrogen-bond donors (Lipinski definition) is 2. The van der Waals surface area contributed by atoms with E-state index in [4.69, 9.17) is 10.3 Å². The largest absolute Gasteiger partial charge is 0.416 e. The van der Waals surface area contributed by atoms with Gasteiger partial charge in [0.15, 0.2) is 0 Å². The van der Waals surface area contributed by atoms with Crippen LogP contribution in [0.15, 0.2) is 77.6 Å². The van der Waals surface area contributed by atoms with Crippen molar-refractivity contribution < 1.29 is 27.3 Å². The number of aromatic nitrogens is 2. The SMILES string of the molecule is NC(=O)c1ccccc1-c1c(-c2ccncc2)noc1NC(=O)c1cccc(C(F)(F)F)c1.